The van der Waals surface area contributed by atoms with Gasteiger partial charge in [-0.2, -0.15) is 0 Å². The molecule has 0 spiro atoms. The fourth-order valence-corrected chi connectivity index (χ4v) is 4.64. The Balaban J connectivity index is 1.39. The molecule has 1 aliphatic rings. The topological polar surface area (TPSA) is 68.3 Å². The summed E-state index contributed by atoms with van der Waals surface area (Å²) in [5, 5.41) is 3.70. The minimum absolute atomic E-state index is 0.0440. The van der Waals surface area contributed by atoms with E-state index in [0.29, 0.717) is 39.3 Å². The Morgan fingerprint density at radius 2 is 2.13 bits per heavy atom. The second-order valence-corrected chi connectivity index (χ2v) is 8.92. The van der Waals surface area contributed by atoms with E-state index in [1.807, 2.05) is 24.3 Å². The summed E-state index contributed by atoms with van der Waals surface area (Å²) < 4.78 is 5.95. The van der Waals surface area contributed by atoms with E-state index in [1.54, 1.807) is 31.3 Å². The smallest absolute Gasteiger partial charge is 0.244 e. The second-order valence-electron chi connectivity index (χ2n) is 7.07. The molecule has 158 valence electrons. The lowest BCUT2D eigenvalue weighted by atomic mass is 10.1. The molecule has 1 atom stereocenters. The summed E-state index contributed by atoms with van der Waals surface area (Å²) in [6.45, 7) is 1.90. The van der Waals surface area contributed by atoms with Crippen molar-refractivity contribution in [1.82, 2.24) is 10.3 Å². The van der Waals surface area contributed by atoms with Crippen LogP contribution >= 0.6 is 34.5 Å². The van der Waals surface area contributed by atoms with Crippen molar-refractivity contribution in [3.63, 3.8) is 0 Å². The first-order chi connectivity index (χ1) is 14.9. The highest BCUT2D eigenvalue weighted by molar-refractivity contribution is 7.17. The van der Waals surface area contributed by atoms with E-state index < -0.39 is 0 Å². The summed E-state index contributed by atoms with van der Waals surface area (Å²) in [5.41, 5.74) is 2.60. The number of Topliss-reactive ketones (excluding diaryl/α,β-unsaturated/α-hetero) is 1. The Morgan fingerprint density at radius 3 is 2.87 bits per heavy atom. The van der Waals surface area contributed by atoms with Crippen molar-refractivity contribution in [1.29, 1.82) is 0 Å². The summed E-state index contributed by atoms with van der Waals surface area (Å²) in [6.07, 6.45) is 5.05. The molecule has 1 unspecified atom stereocenters. The molecule has 0 bridgehead atoms. The van der Waals surface area contributed by atoms with Crippen molar-refractivity contribution in [3.05, 3.63) is 74.9 Å². The number of pyridine rings is 1. The van der Waals surface area contributed by atoms with E-state index in [9.17, 15) is 9.59 Å². The molecule has 1 amide bonds. The molecule has 0 saturated heterocycles. The van der Waals surface area contributed by atoms with E-state index >= 15 is 0 Å². The van der Waals surface area contributed by atoms with Gasteiger partial charge in [0.05, 0.1) is 16.4 Å². The van der Waals surface area contributed by atoms with Crippen LogP contribution < -0.4 is 10.1 Å². The SMILES string of the molecule is CC(=O)c1ccc(-c2cc(Cl)c3c(c2)CC(CNC(=O)C=Cc2cccnc2Cl)O3)s1. The summed E-state index contributed by atoms with van der Waals surface area (Å²) >= 11 is 13.9. The molecule has 1 N–H and O–H groups in total. The van der Waals surface area contributed by atoms with Gasteiger partial charge in [0, 0.05) is 34.7 Å². The molecule has 1 aliphatic heterocycles. The molecule has 0 fully saturated rings. The summed E-state index contributed by atoms with van der Waals surface area (Å²) in [6, 6.07) is 11.2. The lowest BCUT2D eigenvalue weighted by Crippen LogP contribution is -2.33. The zero-order chi connectivity index (χ0) is 22.0. The Kier molecular flexibility index (Phi) is 6.41. The van der Waals surface area contributed by atoms with Crippen LogP contribution in [0.3, 0.4) is 0 Å². The van der Waals surface area contributed by atoms with Gasteiger partial charge < -0.3 is 10.1 Å². The minimum atomic E-state index is -0.249. The fraction of sp³-hybridized carbons (Fsp3) is 0.174. The maximum atomic E-state index is 12.2. The van der Waals surface area contributed by atoms with Crippen LogP contribution in [0.15, 0.2) is 48.7 Å². The number of thiophene rings is 1. The molecule has 0 saturated carbocycles. The van der Waals surface area contributed by atoms with Crippen LogP contribution in [0.1, 0.15) is 27.7 Å². The largest absolute Gasteiger partial charge is 0.486 e. The summed E-state index contributed by atoms with van der Waals surface area (Å²) in [7, 11) is 0. The number of nitrogens with one attached hydrogen (secondary N) is 1. The number of fused-ring (bicyclic) bond motifs is 1. The Labute approximate surface area is 193 Å². The predicted octanol–water partition coefficient (Wildman–Crippen LogP) is 5.45. The fourth-order valence-electron chi connectivity index (χ4n) is 3.29. The van der Waals surface area contributed by atoms with E-state index in [2.05, 4.69) is 10.3 Å². The zero-order valence-electron chi connectivity index (χ0n) is 16.5. The van der Waals surface area contributed by atoms with Gasteiger partial charge in [0.25, 0.3) is 0 Å². The minimum Gasteiger partial charge on any atom is -0.486 e. The third-order valence-electron chi connectivity index (χ3n) is 4.80. The first-order valence-electron chi connectivity index (χ1n) is 9.57. The van der Waals surface area contributed by atoms with E-state index in [-0.39, 0.29) is 17.8 Å². The number of ether oxygens (including phenoxy) is 1. The number of carbonyl (C=O) groups is 2. The highest BCUT2D eigenvalue weighted by atomic mass is 35.5. The molecule has 8 heteroatoms. The normalized spacial score (nSPS) is 15.0. The van der Waals surface area contributed by atoms with Crippen molar-refractivity contribution in [2.45, 2.75) is 19.4 Å². The Bertz CT molecular complexity index is 1190. The van der Waals surface area contributed by atoms with Crippen LogP contribution in [0.4, 0.5) is 0 Å². The molecular formula is C23H18Cl2N2O3S. The summed E-state index contributed by atoms with van der Waals surface area (Å²) in [5.74, 6) is 0.440. The number of rotatable bonds is 6. The molecule has 3 heterocycles. The number of ketones is 1. The molecule has 4 rings (SSSR count). The highest BCUT2D eigenvalue weighted by Gasteiger charge is 2.26. The Morgan fingerprint density at radius 1 is 1.29 bits per heavy atom. The van der Waals surface area contributed by atoms with Gasteiger partial charge in [-0.05, 0) is 48.9 Å². The van der Waals surface area contributed by atoms with Gasteiger partial charge in [-0.1, -0.05) is 29.3 Å². The van der Waals surface area contributed by atoms with E-state index in [0.717, 1.165) is 16.0 Å². The number of amides is 1. The lowest BCUT2D eigenvalue weighted by molar-refractivity contribution is -0.116. The predicted molar refractivity (Wildman–Crippen MR) is 124 cm³/mol. The van der Waals surface area contributed by atoms with E-state index in [4.69, 9.17) is 27.9 Å². The van der Waals surface area contributed by atoms with Crippen LogP contribution in [0, 0.1) is 0 Å². The van der Waals surface area contributed by atoms with Crippen molar-refractivity contribution in [2.24, 2.45) is 0 Å². The maximum absolute atomic E-state index is 12.2. The van der Waals surface area contributed by atoms with Gasteiger partial charge in [0.1, 0.15) is 17.0 Å². The number of hydrogen-bond acceptors (Lipinski definition) is 5. The highest BCUT2D eigenvalue weighted by Crippen LogP contribution is 2.41. The number of hydrogen-bond donors (Lipinski definition) is 1. The van der Waals surface area contributed by atoms with Crippen LogP contribution in [-0.2, 0) is 11.2 Å². The monoisotopic (exact) mass is 472 g/mol. The van der Waals surface area contributed by atoms with Crippen LogP contribution in [0.2, 0.25) is 10.2 Å². The molecular weight excluding hydrogens is 455 g/mol. The average molecular weight is 473 g/mol. The first kappa shape index (κ1) is 21.6. The molecule has 3 aromatic rings. The van der Waals surface area contributed by atoms with Crippen LogP contribution in [0.25, 0.3) is 16.5 Å². The molecule has 1 aromatic carbocycles. The van der Waals surface area contributed by atoms with Crippen LogP contribution in [0.5, 0.6) is 5.75 Å². The molecule has 0 radical (unpaired) electrons. The van der Waals surface area contributed by atoms with Gasteiger partial charge in [-0.3, -0.25) is 9.59 Å². The summed E-state index contributed by atoms with van der Waals surface area (Å²) in [4.78, 5) is 29.4. The van der Waals surface area contributed by atoms with Crippen molar-refractivity contribution < 1.29 is 14.3 Å². The second kappa shape index (κ2) is 9.22. The number of nitrogens with zero attached hydrogens (tertiary/aromatic N) is 1. The van der Waals surface area contributed by atoms with Gasteiger partial charge >= 0.3 is 0 Å². The quantitative estimate of drug-likeness (QED) is 0.294. The number of halogens is 2. The van der Waals surface area contributed by atoms with Crippen LogP contribution in [-0.4, -0.2) is 29.3 Å². The van der Waals surface area contributed by atoms with Gasteiger partial charge in [0.15, 0.2) is 5.78 Å². The first-order valence-corrected chi connectivity index (χ1v) is 11.1. The number of aromatic nitrogens is 1. The number of benzene rings is 1. The van der Waals surface area contributed by atoms with Gasteiger partial charge in [-0.25, -0.2) is 4.98 Å². The Hall–Kier alpha value is -2.67. The lowest BCUT2D eigenvalue weighted by Gasteiger charge is -2.11. The molecule has 31 heavy (non-hydrogen) atoms. The average Bonchev–Trinajstić information content (AvgIpc) is 3.39. The van der Waals surface area contributed by atoms with Crippen molar-refractivity contribution in [3.8, 4) is 16.2 Å². The van der Waals surface area contributed by atoms with Crippen molar-refractivity contribution >= 4 is 52.3 Å². The zero-order valence-corrected chi connectivity index (χ0v) is 18.9. The number of carbonyl (C=O) groups excluding carboxylic acids is 2. The maximum Gasteiger partial charge on any atom is 0.244 e. The standard InChI is InChI=1S/C23H18Cl2N2O3S/c1-13(28)19-5-6-20(31-19)15-9-16-10-17(30-22(16)18(24)11-15)12-27-21(29)7-4-14-3-2-8-26-23(14)25/h2-9,11,17H,10,12H2,1H3,(H,27,29). The molecule has 5 nitrogen and oxygen atoms in total. The van der Waals surface area contributed by atoms with Gasteiger partial charge in [-0.15, -0.1) is 11.3 Å². The third kappa shape index (κ3) is 4.98. The molecule has 2 aromatic heterocycles. The third-order valence-corrected chi connectivity index (χ3v) is 6.63. The van der Waals surface area contributed by atoms with Crippen molar-refractivity contribution in [2.75, 3.05) is 6.54 Å². The van der Waals surface area contributed by atoms with E-state index in [1.165, 1.54) is 17.4 Å². The molecule has 0 aliphatic carbocycles. The van der Waals surface area contributed by atoms with Gasteiger partial charge in [0.2, 0.25) is 5.91 Å².